The summed E-state index contributed by atoms with van der Waals surface area (Å²) in [6.07, 6.45) is 1.87. The van der Waals surface area contributed by atoms with Gasteiger partial charge in [0.1, 0.15) is 4.90 Å². The average Bonchev–Trinajstić information content (AvgIpc) is 2.27. The summed E-state index contributed by atoms with van der Waals surface area (Å²) in [7, 11) is -3.64. The van der Waals surface area contributed by atoms with Crippen LogP contribution in [-0.4, -0.2) is 18.9 Å². The van der Waals surface area contributed by atoms with E-state index in [9.17, 15) is 8.42 Å². The second-order valence-corrected chi connectivity index (χ2v) is 6.58. The molecule has 0 aliphatic carbocycles. The van der Waals surface area contributed by atoms with E-state index in [-0.39, 0.29) is 15.7 Å². The highest BCUT2D eigenvalue weighted by atomic mass is 35.5. The van der Waals surface area contributed by atoms with Crippen molar-refractivity contribution in [3.05, 3.63) is 17.3 Å². The van der Waals surface area contributed by atoms with E-state index < -0.39 is 15.6 Å². The van der Waals surface area contributed by atoms with Gasteiger partial charge < -0.3 is 5.43 Å². The SMILES string of the molecule is CCC(C)(C)NS(=O)(=O)c1cnc(NN)c(Cl)c1. The van der Waals surface area contributed by atoms with E-state index in [0.29, 0.717) is 6.42 Å². The van der Waals surface area contributed by atoms with Crippen LogP contribution in [0.5, 0.6) is 0 Å². The number of hydrazine groups is 1. The molecule has 1 aromatic rings. The van der Waals surface area contributed by atoms with Gasteiger partial charge in [0.25, 0.3) is 0 Å². The van der Waals surface area contributed by atoms with E-state index in [1.807, 2.05) is 6.92 Å². The first-order chi connectivity index (χ1) is 8.22. The number of halogens is 1. The van der Waals surface area contributed by atoms with Gasteiger partial charge in [-0.25, -0.2) is 24.0 Å². The molecule has 0 spiro atoms. The van der Waals surface area contributed by atoms with Crippen molar-refractivity contribution in [1.29, 1.82) is 0 Å². The maximum Gasteiger partial charge on any atom is 0.242 e. The number of nitrogens with one attached hydrogen (secondary N) is 2. The number of anilines is 1. The molecule has 4 N–H and O–H groups in total. The van der Waals surface area contributed by atoms with Crippen molar-refractivity contribution in [3.63, 3.8) is 0 Å². The summed E-state index contributed by atoms with van der Waals surface area (Å²) in [5.41, 5.74) is 1.74. The summed E-state index contributed by atoms with van der Waals surface area (Å²) in [4.78, 5) is 3.84. The van der Waals surface area contributed by atoms with Crippen molar-refractivity contribution < 1.29 is 8.42 Å². The predicted octanol–water partition coefficient (Wildman–Crippen LogP) is 1.49. The Balaban J connectivity index is 3.10. The van der Waals surface area contributed by atoms with Crippen LogP contribution in [0.4, 0.5) is 5.82 Å². The lowest BCUT2D eigenvalue weighted by Crippen LogP contribution is -2.42. The molecular formula is C10H17ClN4O2S. The third-order valence-electron chi connectivity index (χ3n) is 2.56. The standard InChI is InChI=1S/C10H17ClN4O2S/c1-4-10(2,3)15-18(16,17)7-5-8(11)9(14-12)13-6-7/h5-6,15H,4,12H2,1-3H3,(H,13,14). The molecule has 1 rings (SSSR count). The quantitative estimate of drug-likeness (QED) is 0.564. The monoisotopic (exact) mass is 292 g/mol. The summed E-state index contributed by atoms with van der Waals surface area (Å²) in [6.45, 7) is 5.50. The van der Waals surface area contributed by atoms with Crippen LogP contribution in [0.1, 0.15) is 27.2 Å². The lowest BCUT2D eigenvalue weighted by molar-refractivity contribution is 0.439. The Bertz CT molecular complexity index is 531. The molecule has 0 radical (unpaired) electrons. The van der Waals surface area contributed by atoms with Crippen molar-refractivity contribution in [2.45, 2.75) is 37.6 Å². The number of pyridine rings is 1. The molecule has 0 aliphatic rings. The Labute approximate surface area is 112 Å². The Morgan fingerprint density at radius 1 is 1.50 bits per heavy atom. The molecule has 0 bridgehead atoms. The first kappa shape index (κ1) is 15.2. The van der Waals surface area contributed by atoms with Gasteiger partial charge in [-0.3, -0.25) is 0 Å². The van der Waals surface area contributed by atoms with Crippen molar-refractivity contribution in [2.75, 3.05) is 5.43 Å². The number of rotatable bonds is 5. The van der Waals surface area contributed by atoms with Crippen LogP contribution in [0.25, 0.3) is 0 Å². The van der Waals surface area contributed by atoms with Gasteiger partial charge in [0, 0.05) is 11.7 Å². The van der Waals surface area contributed by atoms with Crippen LogP contribution in [-0.2, 0) is 10.0 Å². The van der Waals surface area contributed by atoms with E-state index in [2.05, 4.69) is 15.1 Å². The molecule has 8 heteroatoms. The third kappa shape index (κ3) is 3.55. The van der Waals surface area contributed by atoms with Crippen molar-refractivity contribution in [2.24, 2.45) is 5.84 Å². The van der Waals surface area contributed by atoms with Gasteiger partial charge in [0.2, 0.25) is 10.0 Å². The van der Waals surface area contributed by atoms with Crippen LogP contribution in [0.3, 0.4) is 0 Å². The fourth-order valence-corrected chi connectivity index (χ4v) is 2.91. The second-order valence-electron chi connectivity index (χ2n) is 4.49. The Morgan fingerprint density at radius 3 is 2.56 bits per heavy atom. The van der Waals surface area contributed by atoms with Crippen LogP contribution >= 0.6 is 11.6 Å². The second kappa shape index (κ2) is 5.40. The van der Waals surface area contributed by atoms with Gasteiger partial charge in [-0.15, -0.1) is 0 Å². The Hall–Kier alpha value is -0.890. The molecule has 0 aliphatic heterocycles. The number of aromatic nitrogens is 1. The van der Waals surface area contributed by atoms with Crippen LogP contribution in [0, 0.1) is 0 Å². The van der Waals surface area contributed by atoms with Gasteiger partial charge in [-0.1, -0.05) is 18.5 Å². The summed E-state index contributed by atoms with van der Waals surface area (Å²) < 4.78 is 26.8. The first-order valence-electron chi connectivity index (χ1n) is 5.38. The van der Waals surface area contributed by atoms with Gasteiger partial charge in [-0.05, 0) is 26.3 Å². The molecule has 102 valence electrons. The zero-order valence-electron chi connectivity index (χ0n) is 10.5. The normalized spacial score (nSPS) is 12.5. The van der Waals surface area contributed by atoms with E-state index in [4.69, 9.17) is 17.4 Å². The number of sulfonamides is 1. The predicted molar refractivity (Wildman–Crippen MR) is 71.7 cm³/mol. The minimum absolute atomic E-state index is 0.00743. The molecule has 0 amide bonds. The van der Waals surface area contributed by atoms with Gasteiger partial charge >= 0.3 is 0 Å². The highest BCUT2D eigenvalue weighted by Gasteiger charge is 2.25. The number of hydrogen-bond donors (Lipinski definition) is 3. The molecule has 0 fully saturated rings. The zero-order valence-corrected chi connectivity index (χ0v) is 12.1. The summed E-state index contributed by atoms with van der Waals surface area (Å²) >= 11 is 5.84. The molecule has 0 aromatic carbocycles. The highest BCUT2D eigenvalue weighted by Crippen LogP contribution is 2.22. The highest BCUT2D eigenvalue weighted by molar-refractivity contribution is 7.89. The Kier molecular flexibility index (Phi) is 4.55. The molecule has 6 nitrogen and oxygen atoms in total. The maximum absolute atomic E-state index is 12.1. The number of nitrogens with zero attached hydrogens (tertiary/aromatic N) is 1. The fourth-order valence-electron chi connectivity index (χ4n) is 1.17. The number of nitrogens with two attached hydrogens (primary N) is 1. The van der Waals surface area contributed by atoms with Gasteiger partial charge in [0.05, 0.1) is 5.02 Å². The average molecular weight is 293 g/mol. The molecule has 18 heavy (non-hydrogen) atoms. The first-order valence-corrected chi connectivity index (χ1v) is 7.24. The fraction of sp³-hybridized carbons (Fsp3) is 0.500. The van der Waals surface area contributed by atoms with E-state index >= 15 is 0 Å². The topological polar surface area (TPSA) is 97.1 Å². The lowest BCUT2D eigenvalue weighted by Gasteiger charge is -2.24. The number of nitrogen functional groups attached to an aromatic ring is 1. The summed E-state index contributed by atoms with van der Waals surface area (Å²) in [5, 5.41) is 0.148. The maximum atomic E-state index is 12.1. The van der Waals surface area contributed by atoms with E-state index in [0.717, 1.165) is 0 Å². The molecule has 0 saturated carbocycles. The van der Waals surface area contributed by atoms with Gasteiger partial charge in [0.15, 0.2) is 5.82 Å². The van der Waals surface area contributed by atoms with Crippen molar-refractivity contribution in [1.82, 2.24) is 9.71 Å². The van der Waals surface area contributed by atoms with E-state index in [1.165, 1.54) is 12.3 Å². The smallest absolute Gasteiger partial charge is 0.242 e. The van der Waals surface area contributed by atoms with Crippen LogP contribution in [0.15, 0.2) is 17.2 Å². The number of hydrogen-bond acceptors (Lipinski definition) is 5. The molecule has 0 atom stereocenters. The molecular weight excluding hydrogens is 276 g/mol. The summed E-state index contributed by atoms with van der Waals surface area (Å²) in [6, 6.07) is 1.30. The van der Waals surface area contributed by atoms with Crippen LogP contribution < -0.4 is 16.0 Å². The van der Waals surface area contributed by atoms with Gasteiger partial charge in [-0.2, -0.15) is 0 Å². The van der Waals surface area contributed by atoms with Crippen molar-refractivity contribution >= 4 is 27.4 Å². The zero-order chi connectivity index (χ0) is 14.0. The lowest BCUT2D eigenvalue weighted by atomic mass is 10.0. The Morgan fingerprint density at radius 2 is 2.11 bits per heavy atom. The molecule has 1 heterocycles. The van der Waals surface area contributed by atoms with E-state index in [1.54, 1.807) is 13.8 Å². The third-order valence-corrected chi connectivity index (χ3v) is 4.51. The van der Waals surface area contributed by atoms with Crippen molar-refractivity contribution in [3.8, 4) is 0 Å². The molecule has 0 unspecified atom stereocenters. The molecule has 1 aromatic heterocycles. The minimum Gasteiger partial charge on any atom is -0.307 e. The molecule has 0 saturated heterocycles. The summed E-state index contributed by atoms with van der Waals surface area (Å²) in [5.74, 6) is 5.40. The van der Waals surface area contributed by atoms with Crippen LogP contribution in [0.2, 0.25) is 5.02 Å². The largest absolute Gasteiger partial charge is 0.307 e. The minimum atomic E-state index is -3.64.